The maximum absolute atomic E-state index is 13.1. The quantitative estimate of drug-likeness (QED) is 0.891. The number of para-hydroxylation sites is 1. The Kier molecular flexibility index (Phi) is 6.55. The third kappa shape index (κ3) is 4.67. The van der Waals surface area contributed by atoms with Gasteiger partial charge in [-0.15, -0.1) is 12.4 Å². The number of ether oxygens (including phenoxy) is 1. The van der Waals surface area contributed by atoms with Gasteiger partial charge in [-0.25, -0.2) is 8.78 Å². The summed E-state index contributed by atoms with van der Waals surface area (Å²) in [6.45, 7) is -0.139. The average Bonchev–Trinajstić information content (AvgIpc) is 2.45. The van der Waals surface area contributed by atoms with E-state index in [1.807, 2.05) is 12.1 Å². The second kappa shape index (κ2) is 7.93. The molecule has 0 saturated carbocycles. The number of hydrogen-bond acceptors (Lipinski definition) is 3. The van der Waals surface area contributed by atoms with Gasteiger partial charge in [0.05, 0.1) is 6.61 Å². The van der Waals surface area contributed by atoms with E-state index in [4.69, 9.17) is 15.6 Å². The fourth-order valence-electron chi connectivity index (χ4n) is 1.79. The third-order valence-electron chi connectivity index (χ3n) is 2.81. The lowest BCUT2D eigenvalue weighted by Gasteiger charge is -2.13. The molecule has 0 amide bonds. The number of aliphatic hydroxyl groups excluding tert-OH is 1. The van der Waals surface area contributed by atoms with E-state index in [0.29, 0.717) is 12.2 Å². The molecule has 3 N–H and O–H groups in total. The van der Waals surface area contributed by atoms with Gasteiger partial charge in [0.15, 0.2) is 11.6 Å². The minimum atomic E-state index is -0.966. The van der Waals surface area contributed by atoms with Crippen LogP contribution in [0.3, 0.4) is 0 Å². The minimum Gasteiger partial charge on any atom is -0.457 e. The molecule has 0 aliphatic carbocycles. The molecule has 114 valence electrons. The number of halogens is 3. The van der Waals surface area contributed by atoms with Crippen molar-refractivity contribution in [1.82, 2.24) is 0 Å². The second-order valence-corrected chi connectivity index (χ2v) is 4.43. The fraction of sp³-hybridized carbons (Fsp3) is 0.200. The Bertz CT molecular complexity index is 596. The first-order chi connectivity index (χ1) is 9.60. The molecule has 6 heteroatoms. The van der Waals surface area contributed by atoms with E-state index >= 15 is 0 Å². The van der Waals surface area contributed by atoms with Crippen LogP contribution in [0.4, 0.5) is 8.78 Å². The van der Waals surface area contributed by atoms with E-state index in [1.165, 1.54) is 6.07 Å². The Morgan fingerprint density at radius 1 is 1.10 bits per heavy atom. The van der Waals surface area contributed by atoms with Crippen molar-refractivity contribution >= 4 is 12.4 Å². The van der Waals surface area contributed by atoms with E-state index in [9.17, 15) is 8.78 Å². The zero-order valence-electron chi connectivity index (χ0n) is 11.1. The highest BCUT2D eigenvalue weighted by molar-refractivity contribution is 5.85. The standard InChI is InChI=1S/C15H15F2NO2.ClH/c16-13-6-5-12(8-14(13)17)20-15-4-2-1-3-10(15)7-11(18)9-19;/h1-6,8,11,19H,7,9,18H2;1H. The van der Waals surface area contributed by atoms with Crippen LogP contribution in [-0.2, 0) is 6.42 Å². The fourth-order valence-corrected chi connectivity index (χ4v) is 1.79. The van der Waals surface area contributed by atoms with Gasteiger partial charge < -0.3 is 15.6 Å². The van der Waals surface area contributed by atoms with Crippen LogP contribution in [0.5, 0.6) is 11.5 Å². The third-order valence-corrected chi connectivity index (χ3v) is 2.81. The predicted molar refractivity (Wildman–Crippen MR) is 78.9 cm³/mol. The van der Waals surface area contributed by atoms with Gasteiger partial charge in [-0.3, -0.25) is 0 Å². The topological polar surface area (TPSA) is 55.5 Å². The summed E-state index contributed by atoms with van der Waals surface area (Å²) in [5.74, 6) is -1.18. The van der Waals surface area contributed by atoms with E-state index in [-0.39, 0.29) is 24.8 Å². The summed E-state index contributed by atoms with van der Waals surface area (Å²) < 4.78 is 31.5. The van der Waals surface area contributed by atoms with Crippen molar-refractivity contribution in [3.8, 4) is 11.5 Å². The average molecular weight is 316 g/mol. The summed E-state index contributed by atoms with van der Waals surface area (Å²) in [5.41, 5.74) is 6.49. The predicted octanol–water partition coefficient (Wildman–Crippen LogP) is 3.04. The van der Waals surface area contributed by atoms with Crippen LogP contribution < -0.4 is 10.5 Å². The molecule has 0 aliphatic rings. The van der Waals surface area contributed by atoms with Crippen molar-refractivity contribution in [1.29, 1.82) is 0 Å². The summed E-state index contributed by atoms with van der Waals surface area (Å²) in [4.78, 5) is 0. The lowest BCUT2D eigenvalue weighted by molar-refractivity contribution is 0.264. The smallest absolute Gasteiger partial charge is 0.162 e. The summed E-state index contributed by atoms with van der Waals surface area (Å²) in [7, 11) is 0. The van der Waals surface area contributed by atoms with Crippen LogP contribution in [0.15, 0.2) is 42.5 Å². The summed E-state index contributed by atoms with van der Waals surface area (Å²) in [6.07, 6.45) is 0.427. The van der Waals surface area contributed by atoms with Crippen molar-refractivity contribution in [3.63, 3.8) is 0 Å². The Balaban J connectivity index is 0.00000220. The van der Waals surface area contributed by atoms with Gasteiger partial charge in [-0.1, -0.05) is 18.2 Å². The molecule has 21 heavy (non-hydrogen) atoms. The summed E-state index contributed by atoms with van der Waals surface area (Å²) in [5, 5.41) is 8.99. The Morgan fingerprint density at radius 2 is 1.81 bits per heavy atom. The molecular weight excluding hydrogens is 300 g/mol. The second-order valence-electron chi connectivity index (χ2n) is 4.43. The molecule has 0 aromatic heterocycles. The van der Waals surface area contributed by atoms with Gasteiger partial charge in [0.25, 0.3) is 0 Å². The summed E-state index contributed by atoms with van der Waals surface area (Å²) >= 11 is 0. The Labute approximate surface area is 127 Å². The molecule has 1 atom stereocenters. The Hall–Kier alpha value is -1.69. The van der Waals surface area contributed by atoms with Crippen LogP contribution in [-0.4, -0.2) is 17.8 Å². The largest absolute Gasteiger partial charge is 0.457 e. The van der Waals surface area contributed by atoms with Gasteiger partial charge >= 0.3 is 0 Å². The molecule has 0 fully saturated rings. The van der Waals surface area contributed by atoms with E-state index in [2.05, 4.69) is 0 Å². The zero-order valence-corrected chi connectivity index (χ0v) is 11.9. The maximum atomic E-state index is 13.1. The number of nitrogens with two attached hydrogens (primary N) is 1. The molecule has 2 aromatic carbocycles. The molecular formula is C15H16ClF2NO2. The normalized spacial score (nSPS) is 11.6. The van der Waals surface area contributed by atoms with Gasteiger partial charge in [0.2, 0.25) is 0 Å². The number of benzene rings is 2. The number of rotatable bonds is 5. The lowest BCUT2D eigenvalue weighted by atomic mass is 10.1. The van der Waals surface area contributed by atoms with Gasteiger partial charge in [0, 0.05) is 12.1 Å². The van der Waals surface area contributed by atoms with Crippen molar-refractivity contribution in [2.45, 2.75) is 12.5 Å². The molecule has 3 nitrogen and oxygen atoms in total. The number of aliphatic hydroxyl groups is 1. The van der Waals surface area contributed by atoms with Crippen LogP contribution in [0.2, 0.25) is 0 Å². The van der Waals surface area contributed by atoms with Crippen LogP contribution in [0, 0.1) is 11.6 Å². The molecule has 0 saturated heterocycles. The van der Waals surface area contributed by atoms with Crippen molar-refractivity contribution in [2.24, 2.45) is 5.73 Å². The molecule has 0 aliphatic heterocycles. The van der Waals surface area contributed by atoms with E-state index in [1.54, 1.807) is 12.1 Å². The van der Waals surface area contributed by atoms with E-state index in [0.717, 1.165) is 17.7 Å². The molecule has 0 heterocycles. The van der Waals surface area contributed by atoms with Crippen LogP contribution in [0.25, 0.3) is 0 Å². The molecule has 2 aromatic rings. The first kappa shape index (κ1) is 17.4. The van der Waals surface area contributed by atoms with Crippen LogP contribution in [0.1, 0.15) is 5.56 Å². The van der Waals surface area contributed by atoms with Gasteiger partial charge in [0.1, 0.15) is 11.5 Å². The van der Waals surface area contributed by atoms with Gasteiger partial charge in [-0.2, -0.15) is 0 Å². The maximum Gasteiger partial charge on any atom is 0.162 e. The minimum absolute atomic E-state index is 0. The summed E-state index contributed by atoms with van der Waals surface area (Å²) in [6, 6.07) is 10.0. The molecule has 0 spiro atoms. The molecule has 0 bridgehead atoms. The molecule has 2 rings (SSSR count). The SMILES string of the molecule is Cl.NC(CO)Cc1ccccc1Oc1ccc(F)c(F)c1. The first-order valence-corrected chi connectivity index (χ1v) is 6.17. The first-order valence-electron chi connectivity index (χ1n) is 6.17. The lowest BCUT2D eigenvalue weighted by Crippen LogP contribution is -2.26. The highest BCUT2D eigenvalue weighted by atomic mass is 35.5. The highest BCUT2D eigenvalue weighted by Crippen LogP contribution is 2.27. The zero-order chi connectivity index (χ0) is 14.5. The molecule has 0 radical (unpaired) electrons. The highest BCUT2D eigenvalue weighted by Gasteiger charge is 2.10. The van der Waals surface area contributed by atoms with Gasteiger partial charge in [-0.05, 0) is 30.2 Å². The monoisotopic (exact) mass is 315 g/mol. The van der Waals surface area contributed by atoms with Crippen molar-refractivity contribution in [2.75, 3.05) is 6.61 Å². The van der Waals surface area contributed by atoms with Crippen LogP contribution >= 0.6 is 12.4 Å². The van der Waals surface area contributed by atoms with E-state index < -0.39 is 17.7 Å². The van der Waals surface area contributed by atoms with Crippen molar-refractivity contribution < 1.29 is 18.6 Å². The number of hydrogen-bond donors (Lipinski definition) is 2. The Morgan fingerprint density at radius 3 is 2.48 bits per heavy atom. The molecule has 1 unspecified atom stereocenters. The van der Waals surface area contributed by atoms with Crippen molar-refractivity contribution in [3.05, 3.63) is 59.7 Å².